The Morgan fingerprint density at radius 2 is 1.93 bits per heavy atom. The molecule has 3 atom stereocenters. The van der Waals surface area contributed by atoms with Gasteiger partial charge in [-0.1, -0.05) is 6.92 Å². The standard InChI is InChI=1S/C11H22N2O/c1-4-10(12)11(14)13-8(2)6-5-7-9(13)3/h8-10H,4-7,12H2,1-3H3/t8?,9?,10-/m0/s1. The molecule has 0 aromatic heterocycles. The van der Waals surface area contributed by atoms with Gasteiger partial charge in [0, 0.05) is 12.1 Å². The van der Waals surface area contributed by atoms with Crippen LogP contribution >= 0.6 is 0 Å². The average molecular weight is 198 g/mol. The summed E-state index contributed by atoms with van der Waals surface area (Å²) in [6, 6.07) is 0.422. The number of nitrogens with two attached hydrogens (primary N) is 1. The van der Waals surface area contributed by atoms with Gasteiger partial charge in [0.05, 0.1) is 6.04 Å². The zero-order valence-electron chi connectivity index (χ0n) is 9.49. The van der Waals surface area contributed by atoms with Crippen LogP contribution < -0.4 is 5.73 Å². The van der Waals surface area contributed by atoms with Gasteiger partial charge in [0.1, 0.15) is 0 Å². The maximum atomic E-state index is 12.0. The van der Waals surface area contributed by atoms with Gasteiger partial charge in [-0.25, -0.2) is 0 Å². The minimum absolute atomic E-state index is 0.132. The monoisotopic (exact) mass is 198 g/mol. The number of hydrogen-bond acceptors (Lipinski definition) is 2. The highest BCUT2D eigenvalue weighted by Gasteiger charge is 2.30. The molecule has 0 bridgehead atoms. The van der Waals surface area contributed by atoms with Crippen molar-refractivity contribution in [1.82, 2.24) is 4.90 Å². The number of piperidine rings is 1. The number of hydrogen-bond donors (Lipinski definition) is 1. The fourth-order valence-corrected chi connectivity index (χ4v) is 2.22. The van der Waals surface area contributed by atoms with E-state index >= 15 is 0 Å². The Balaban J connectivity index is 2.67. The first kappa shape index (κ1) is 11.5. The van der Waals surface area contributed by atoms with Crippen LogP contribution in [-0.2, 0) is 4.79 Å². The number of carbonyl (C=O) groups is 1. The number of nitrogens with zero attached hydrogens (tertiary/aromatic N) is 1. The first-order valence-electron chi connectivity index (χ1n) is 5.65. The fraction of sp³-hybridized carbons (Fsp3) is 0.909. The molecule has 0 aliphatic carbocycles. The van der Waals surface area contributed by atoms with Crippen LogP contribution in [0.15, 0.2) is 0 Å². The Morgan fingerprint density at radius 3 is 2.36 bits per heavy atom. The van der Waals surface area contributed by atoms with Crippen molar-refractivity contribution in [2.45, 2.75) is 64.6 Å². The summed E-state index contributed by atoms with van der Waals surface area (Å²) >= 11 is 0. The minimum atomic E-state index is -0.307. The largest absolute Gasteiger partial charge is 0.336 e. The van der Waals surface area contributed by atoms with Gasteiger partial charge in [-0.15, -0.1) is 0 Å². The minimum Gasteiger partial charge on any atom is -0.336 e. The van der Waals surface area contributed by atoms with Gasteiger partial charge in [-0.3, -0.25) is 4.79 Å². The van der Waals surface area contributed by atoms with E-state index in [2.05, 4.69) is 13.8 Å². The van der Waals surface area contributed by atoms with Crippen LogP contribution in [0.25, 0.3) is 0 Å². The highest BCUT2D eigenvalue weighted by Crippen LogP contribution is 2.23. The van der Waals surface area contributed by atoms with Gasteiger partial charge in [-0.05, 0) is 39.5 Å². The first-order valence-corrected chi connectivity index (χ1v) is 5.65. The predicted molar refractivity (Wildman–Crippen MR) is 57.9 cm³/mol. The summed E-state index contributed by atoms with van der Waals surface area (Å²) in [5.41, 5.74) is 5.78. The third-order valence-electron chi connectivity index (χ3n) is 3.21. The lowest BCUT2D eigenvalue weighted by atomic mass is 9.96. The van der Waals surface area contributed by atoms with Crippen molar-refractivity contribution in [2.75, 3.05) is 0 Å². The van der Waals surface area contributed by atoms with E-state index in [0.717, 1.165) is 19.3 Å². The van der Waals surface area contributed by atoms with Crippen molar-refractivity contribution in [3.63, 3.8) is 0 Å². The average Bonchev–Trinajstić information content (AvgIpc) is 2.16. The number of amides is 1. The van der Waals surface area contributed by atoms with E-state index in [-0.39, 0.29) is 11.9 Å². The van der Waals surface area contributed by atoms with Crippen molar-refractivity contribution in [3.8, 4) is 0 Å². The van der Waals surface area contributed by atoms with Crippen LogP contribution in [0.3, 0.4) is 0 Å². The molecule has 1 aliphatic rings. The van der Waals surface area contributed by atoms with Crippen LogP contribution in [0.1, 0.15) is 46.5 Å². The summed E-state index contributed by atoms with van der Waals surface area (Å²) in [6.07, 6.45) is 4.20. The Bertz CT molecular complexity index is 195. The van der Waals surface area contributed by atoms with E-state index in [1.54, 1.807) is 0 Å². The third-order valence-corrected chi connectivity index (χ3v) is 3.21. The molecule has 1 amide bonds. The number of carbonyl (C=O) groups excluding carboxylic acids is 1. The van der Waals surface area contributed by atoms with E-state index in [9.17, 15) is 4.79 Å². The third kappa shape index (κ3) is 2.27. The summed E-state index contributed by atoms with van der Waals surface area (Å²) in [7, 11) is 0. The molecule has 1 rings (SSSR count). The van der Waals surface area contributed by atoms with E-state index in [1.807, 2.05) is 11.8 Å². The SMILES string of the molecule is CC[C@H](N)C(=O)N1C(C)CCCC1C. The second-order valence-electron chi connectivity index (χ2n) is 4.39. The van der Waals surface area contributed by atoms with Gasteiger partial charge in [-0.2, -0.15) is 0 Å². The molecular weight excluding hydrogens is 176 g/mol. The van der Waals surface area contributed by atoms with E-state index in [1.165, 1.54) is 6.42 Å². The molecule has 2 unspecified atom stereocenters. The first-order chi connectivity index (χ1) is 6.57. The smallest absolute Gasteiger partial charge is 0.239 e. The van der Waals surface area contributed by atoms with Crippen molar-refractivity contribution in [2.24, 2.45) is 5.73 Å². The van der Waals surface area contributed by atoms with Crippen LogP contribution in [0, 0.1) is 0 Å². The second kappa shape index (κ2) is 4.78. The van der Waals surface area contributed by atoms with E-state index in [4.69, 9.17) is 5.73 Å². The van der Waals surface area contributed by atoms with Crippen LogP contribution in [-0.4, -0.2) is 28.9 Å². The Hall–Kier alpha value is -0.570. The van der Waals surface area contributed by atoms with Crippen molar-refractivity contribution >= 4 is 5.91 Å². The molecule has 14 heavy (non-hydrogen) atoms. The molecule has 0 radical (unpaired) electrons. The maximum Gasteiger partial charge on any atom is 0.239 e. The highest BCUT2D eigenvalue weighted by atomic mass is 16.2. The van der Waals surface area contributed by atoms with Gasteiger partial charge in [0.25, 0.3) is 0 Å². The Kier molecular flexibility index (Phi) is 3.93. The molecule has 0 aromatic rings. The maximum absolute atomic E-state index is 12.0. The molecule has 3 nitrogen and oxygen atoms in total. The Labute approximate surface area is 86.6 Å². The van der Waals surface area contributed by atoms with Crippen LogP contribution in [0.4, 0.5) is 0 Å². The lowest BCUT2D eigenvalue weighted by Crippen LogP contribution is -2.53. The molecule has 1 saturated heterocycles. The van der Waals surface area contributed by atoms with E-state index < -0.39 is 0 Å². The van der Waals surface area contributed by atoms with E-state index in [0.29, 0.717) is 12.1 Å². The normalized spacial score (nSPS) is 30.1. The quantitative estimate of drug-likeness (QED) is 0.731. The van der Waals surface area contributed by atoms with Crippen molar-refractivity contribution in [1.29, 1.82) is 0 Å². The van der Waals surface area contributed by atoms with Crippen LogP contribution in [0.2, 0.25) is 0 Å². The van der Waals surface area contributed by atoms with Gasteiger partial charge in [0.2, 0.25) is 5.91 Å². The highest BCUT2D eigenvalue weighted by molar-refractivity contribution is 5.82. The summed E-state index contributed by atoms with van der Waals surface area (Å²) in [6.45, 7) is 6.20. The zero-order chi connectivity index (χ0) is 10.7. The number of likely N-dealkylation sites (tertiary alicyclic amines) is 1. The molecule has 1 fully saturated rings. The van der Waals surface area contributed by atoms with Crippen LogP contribution in [0.5, 0.6) is 0 Å². The summed E-state index contributed by atoms with van der Waals surface area (Å²) in [4.78, 5) is 13.9. The lowest BCUT2D eigenvalue weighted by Gasteiger charge is -2.40. The molecule has 3 heteroatoms. The summed E-state index contributed by atoms with van der Waals surface area (Å²) < 4.78 is 0. The predicted octanol–water partition coefficient (Wildman–Crippen LogP) is 1.51. The van der Waals surface area contributed by atoms with Gasteiger partial charge >= 0.3 is 0 Å². The molecule has 1 heterocycles. The lowest BCUT2D eigenvalue weighted by molar-refractivity contribution is -0.138. The summed E-state index contributed by atoms with van der Waals surface area (Å²) in [5, 5.41) is 0. The topological polar surface area (TPSA) is 46.3 Å². The fourth-order valence-electron chi connectivity index (χ4n) is 2.22. The van der Waals surface area contributed by atoms with Crippen molar-refractivity contribution in [3.05, 3.63) is 0 Å². The van der Waals surface area contributed by atoms with Gasteiger partial charge < -0.3 is 10.6 Å². The zero-order valence-corrected chi connectivity index (χ0v) is 9.49. The Morgan fingerprint density at radius 1 is 1.43 bits per heavy atom. The molecule has 0 spiro atoms. The molecule has 0 aromatic carbocycles. The molecule has 0 saturated carbocycles. The van der Waals surface area contributed by atoms with Crippen molar-refractivity contribution < 1.29 is 4.79 Å². The number of rotatable bonds is 2. The molecular formula is C11H22N2O. The molecule has 82 valence electrons. The second-order valence-corrected chi connectivity index (χ2v) is 4.39. The summed E-state index contributed by atoms with van der Waals surface area (Å²) in [5.74, 6) is 0.132. The molecule has 1 aliphatic heterocycles. The van der Waals surface area contributed by atoms with Gasteiger partial charge in [0.15, 0.2) is 0 Å². The molecule has 2 N–H and O–H groups in total.